The van der Waals surface area contributed by atoms with Crippen molar-refractivity contribution in [2.24, 2.45) is 0 Å². The normalized spacial score (nSPS) is 25.3. The fraction of sp³-hybridized carbons (Fsp3) is 0.462. The zero-order valence-corrected chi connectivity index (χ0v) is 10.7. The maximum atomic E-state index is 10.8. The average Bonchev–Trinajstić information content (AvgIpc) is 2.95. The predicted octanol–water partition coefficient (Wildman–Crippen LogP) is 2.10. The molecule has 2 atom stereocenters. The summed E-state index contributed by atoms with van der Waals surface area (Å²) in [6.45, 7) is 1.38. The molecular formula is C13H13N3O4. The number of ether oxygens (including phenoxy) is 1. The van der Waals surface area contributed by atoms with Gasteiger partial charge in [-0.1, -0.05) is 0 Å². The van der Waals surface area contributed by atoms with Crippen molar-refractivity contribution >= 4 is 22.8 Å². The van der Waals surface area contributed by atoms with E-state index in [-0.39, 0.29) is 5.69 Å². The lowest BCUT2D eigenvalue weighted by Crippen LogP contribution is -2.46. The van der Waals surface area contributed by atoms with Gasteiger partial charge >= 0.3 is 0 Å². The minimum Gasteiger partial charge on any atom is -0.423 e. The Morgan fingerprint density at radius 1 is 1.30 bits per heavy atom. The van der Waals surface area contributed by atoms with Crippen molar-refractivity contribution in [3.05, 3.63) is 28.3 Å². The Bertz CT molecular complexity index is 667. The van der Waals surface area contributed by atoms with E-state index >= 15 is 0 Å². The van der Waals surface area contributed by atoms with Crippen LogP contribution in [0.3, 0.4) is 0 Å². The third kappa shape index (κ3) is 1.66. The minimum atomic E-state index is -0.430. The molecule has 2 bridgehead atoms. The van der Waals surface area contributed by atoms with Crippen molar-refractivity contribution in [3.8, 4) is 0 Å². The average molecular weight is 275 g/mol. The molecule has 2 saturated heterocycles. The first-order valence-corrected chi connectivity index (χ1v) is 6.63. The summed E-state index contributed by atoms with van der Waals surface area (Å²) in [5.41, 5.74) is 1.13. The summed E-state index contributed by atoms with van der Waals surface area (Å²) in [5, 5.41) is 10.8. The molecule has 0 spiro atoms. The van der Waals surface area contributed by atoms with Crippen LogP contribution in [0.25, 0.3) is 11.1 Å². The Labute approximate surface area is 114 Å². The van der Waals surface area contributed by atoms with E-state index < -0.39 is 4.92 Å². The van der Waals surface area contributed by atoms with Gasteiger partial charge in [-0.25, -0.2) is 0 Å². The van der Waals surface area contributed by atoms with E-state index in [0.29, 0.717) is 42.4 Å². The van der Waals surface area contributed by atoms with Gasteiger partial charge in [-0.05, 0) is 18.9 Å². The van der Waals surface area contributed by atoms with Crippen LogP contribution in [-0.4, -0.2) is 35.2 Å². The molecule has 1 aromatic carbocycles. The molecule has 3 heterocycles. The van der Waals surface area contributed by atoms with Crippen molar-refractivity contribution < 1.29 is 14.1 Å². The molecule has 20 heavy (non-hydrogen) atoms. The van der Waals surface area contributed by atoms with E-state index in [2.05, 4.69) is 9.88 Å². The highest BCUT2D eigenvalue weighted by atomic mass is 16.6. The Morgan fingerprint density at radius 2 is 2.05 bits per heavy atom. The van der Waals surface area contributed by atoms with E-state index in [1.54, 1.807) is 6.07 Å². The van der Waals surface area contributed by atoms with Crippen LogP contribution >= 0.6 is 0 Å². The molecule has 1 aromatic heterocycles. The quantitative estimate of drug-likeness (QED) is 0.616. The van der Waals surface area contributed by atoms with Crippen LogP contribution in [0.2, 0.25) is 0 Å². The second-order valence-corrected chi connectivity index (χ2v) is 5.24. The molecule has 2 aromatic rings. The van der Waals surface area contributed by atoms with Crippen molar-refractivity contribution in [1.29, 1.82) is 0 Å². The van der Waals surface area contributed by atoms with Crippen molar-refractivity contribution in [2.45, 2.75) is 24.9 Å². The van der Waals surface area contributed by atoms with Crippen LogP contribution in [-0.2, 0) is 4.74 Å². The summed E-state index contributed by atoms with van der Waals surface area (Å²) in [7, 11) is 0. The molecule has 0 N–H and O–H groups in total. The maximum Gasteiger partial charge on any atom is 0.299 e. The molecule has 2 aliphatic heterocycles. The van der Waals surface area contributed by atoms with Crippen LogP contribution < -0.4 is 4.90 Å². The zero-order chi connectivity index (χ0) is 13.7. The Balaban J connectivity index is 1.75. The largest absolute Gasteiger partial charge is 0.423 e. The van der Waals surface area contributed by atoms with E-state index in [0.717, 1.165) is 12.8 Å². The zero-order valence-electron chi connectivity index (χ0n) is 10.7. The Kier molecular flexibility index (Phi) is 2.43. The number of oxazole rings is 1. The third-order valence-corrected chi connectivity index (χ3v) is 4.03. The second-order valence-electron chi connectivity index (χ2n) is 5.24. The van der Waals surface area contributed by atoms with Crippen molar-refractivity contribution in [2.75, 3.05) is 18.1 Å². The third-order valence-electron chi connectivity index (χ3n) is 4.03. The fourth-order valence-corrected chi connectivity index (χ4v) is 3.07. The van der Waals surface area contributed by atoms with Gasteiger partial charge in [0.15, 0.2) is 5.58 Å². The topological polar surface area (TPSA) is 81.6 Å². The summed E-state index contributed by atoms with van der Waals surface area (Å²) < 4.78 is 11.3. The Morgan fingerprint density at radius 3 is 2.75 bits per heavy atom. The van der Waals surface area contributed by atoms with Crippen LogP contribution in [0.15, 0.2) is 22.6 Å². The van der Waals surface area contributed by atoms with E-state index in [1.807, 2.05) is 0 Å². The fourth-order valence-electron chi connectivity index (χ4n) is 3.07. The molecule has 7 heteroatoms. The van der Waals surface area contributed by atoms with Crippen LogP contribution in [0.5, 0.6) is 0 Å². The van der Waals surface area contributed by atoms with Gasteiger partial charge in [0.1, 0.15) is 5.52 Å². The summed E-state index contributed by atoms with van der Waals surface area (Å²) in [6, 6.07) is 5.66. The molecule has 0 aliphatic carbocycles. The molecule has 104 valence electrons. The number of hydrogen-bond acceptors (Lipinski definition) is 6. The number of benzene rings is 1. The molecular weight excluding hydrogens is 262 g/mol. The van der Waals surface area contributed by atoms with Gasteiger partial charge in [-0.15, -0.1) is 0 Å². The first kappa shape index (κ1) is 11.7. The SMILES string of the molecule is O=[N+]([O-])c1ccc2nc(N3C4CCC3COC4)oc2c1. The highest BCUT2D eigenvalue weighted by molar-refractivity contribution is 5.77. The second kappa shape index (κ2) is 4.17. The number of fused-ring (bicyclic) bond motifs is 3. The lowest BCUT2D eigenvalue weighted by Gasteiger charge is -2.33. The number of nitro groups is 1. The van der Waals surface area contributed by atoms with Gasteiger partial charge in [-0.2, -0.15) is 4.98 Å². The molecule has 0 saturated carbocycles. The van der Waals surface area contributed by atoms with E-state index in [4.69, 9.17) is 9.15 Å². The minimum absolute atomic E-state index is 0.0187. The van der Waals surface area contributed by atoms with Gasteiger partial charge in [0.25, 0.3) is 11.7 Å². The summed E-state index contributed by atoms with van der Waals surface area (Å²) >= 11 is 0. The van der Waals surface area contributed by atoms with Gasteiger partial charge in [-0.3, -0.25) is 10.1 Å². The van der Waals surface area contributed by atoms with Gasteiger partial charge in [0.05, 0.1) is 36.3 Å². The van der Waals surface area contributed by atoms with Crippen molar-refractivity contribution in [1.82, 2.24) is 4.98 Å². The number of nitro benzene ring substituents is 1. The number of non-ortho nitro benzene ring substituents is 1. The standard InChI is InChI=1S/C13H13N3O4/c17-16(18)8-3-4-11-12(5-8)20-13(14-11)15-9-1-2-10(15)7-19-6-9/h3-5,9-10H,1-2,6-7H2. The molecule has 0 amide bonds. The number of aromatic nitrogens is 1. The summed E-state index contributed by atoms with van der Waals surface area (Å²) in [4.78, 5) is 17.0. The Hall–Kier alpha value is -2.15. The van der Waals surface area contributed by atoms with Crippen LogP contribution in [0, 0.1) is 10.1 Å². The molecule has 0 radical (unpaired) electrons. The number of nitrogens with zero attached hydrogens (tertiary/aromatic N) is 3. The van der Waals surface area contributed by atoms with Gasteiger partial charge in [0, 0.05) is 6.07 Å². The van der Waals surface area contributed by atoms with Gasteiger partial charge < -0.3 is 14.1 Å². The monoisotopic (exact) mass is 275 g/mol. The van der Waals surface area contributed by atoms with Crippen LogP contribution in [0.1, 0.15) is 12.8 Å². The molecule has 2 unspecified atom stereocenters. The number of morpholine rings is 1. The highest BCUT2D eigenvalue weighted by Gasteiger charge is 2.40. The first-order valence-electron chi connectivity index (χ1n) is 6.63. The number of rotatable bonds is 2. The molecule has 7 nitrogen and oxygen atoms in total. The molecule has 4 rings (SSSR count). The lowest BCUT2D eigenvalue weighted by molar-refractivity contribution is -0.384. The smallest absolute Gasteiger partial charge is 0.299 e. The van der Waals surface area contributed by atoms with Crippen molar-refractivity contribution in [3.63, 3.8) is 0 Å². The first-order chi connectivity index (χ1) is 9.72. The number of anilines is 1. The van der Waals surface area contributed by atoms with Crippen LogP contribution in [0.4, 0.5) is 11.7 Å². The summed E-state index contributed by atoms with van der Waals surface area (Å²) in [6.07, 6.45) is 2.15. The predicted molar refractivity (Wildman–Crippen MR) is 70.8 cm³/mol. The van der Waals surface area contributed by atoms with E-state index in [1.165, 1.54) is 12.1 Å². The summed E-state index contributed by atoms with van der Waals surface area (Å²) in [5.74, 6) is 0. The lowest BCUT2D eigenvalue weighted by atomic mass is 10.2. The van der Waals surface area contributed by atoms with Gasteiger partial charge in [0.2, 0.25) is 0 Å². The van der Waals surface area contributed by atoms with E-state index in [9.17, 15) is 10.1 Å². The highest BCUT2D eigenvalue weighted by Crippen LogP contribution is 2.35. The maximum absolute atomic E-state index is 10.8. The number of hydrogen-bond donors (Lipinski definition) is 0. The molecule has 2 aliphatic rings. The molecule has 2 fully saturated rings.